The van der Waals surface area contributed by atoms with Crippen molar-refractivity contribution in [3.05, 3.63) is 35.9 Å². The Kier molecular flexibility index (Phi) is 5.68. The molecule has 0 radical (unpaired) electrons. The van der Waals surface area contributed by atoms with Crippen molar-refractivity contribution in [2.45, 2.75) is 25.8 Å². The van der Waals surface area contributed by atoms with Gasteiger partial charge >= 0.3 is 0 Å². The van der Waals surface area contributed by atoms with Crippen molar-refractivity contribution in [1.82, 2.24) is 5.43 Å². The van der Waals surface area contributed by atoms with Gasteiger partial charge in [0.25, 0.3) is 0 Å². The van der Waals surface area contributed by atoms with Crippen LogP contribution in [0.3, 0.4) is 0 Å². The van der Waals surface area contributed by atoms with Crippen LogP contribution in [0.1, 0.15) is 31.4 Å². The van der Waals surface area contributed by atoms with Gasteiger partial charge in [0, 0.05) is 11.6 Å². The largest absolute Gasteiger partial charge is 0.497 e. The summed E-state index contributed by atoms with van der Waals surface area (Å²) in [5.74, 6) is 7.15. The molecule has 4 nitrogen and oxygen atoms in total. The van der Waals surface area contributed by atoms with Gasteiger partial charge in [0.2, 0.25) is 0 Å². The molecule has 18 heavy (non-hydrogen) atoms. The van der Waals surface area contributed by atoms with E-state index in [0.29, 0.717) is 0 Å². The molecule has 0 saturated carbocycles. The van der Waals surface area contributed by atoms with Gasteiger partial charge in [0.05, 0.1) is 20.3 Å². The molecule has 1 unspecified atom stereocenters. The maximum Gasteiger partial charge on any atom is 0.127 e. The quantitative estimate of drug-likeness (QED) is 0.443. The molecule has 0 bridgehead atoms. The van der Waals surface area contributed by atoms with Gasteiger partial charge in [-0.3, -0.25) is 11.3 Å². The topological polar surface area (TPSA) is 56.5 Å². The first-order chi connectivity index (χ1) is 8.65. The van der Waals surface area contributed by atoms with Crippen LogP contribution in [0.5, 0.6) is 11.5 Å². The minimum absolute atomic E-state index is 0.00157. The summed E-state index contributed by atoms with van der Waals surface area (Å²) in [6.45, 7) is 6.10. The first-order valence-corrected chi connectivity index (χ1v) is 6.00. The van der Waals surface area contributed by atoms with Crippen molar-refractivity contribution in [1.29, 1.82) is 0 Å². The second kappa shape index (κ2) is 7.03. The number of rotatable bonds is 7. The smallest absolute Gasteiger partial charge is 0.127 e. The molecule has 0 saturated heterocycles. The summed E-state index contributed by atoms with van der Waals surface area (Å²) in [4.78, 5) is 0. The maximum absolute atomic E-state index is 5.62. The molecule has 0 aliphatic heterocycles. The molecule has 0 spiro atoms. The second-order valence-corrected chi connectivity index (χ2v) is 4.13. The lowest BCUT2D eigenvalue weighted by molar-refractivity contribution is 0.384. The maximum atomic E-state index is 5.62. The molecule has 0 fully saturated rings. The van der Waals surface area contributed by atoms with Crippen LogP contribution in [0.2, 0.25) is 0 Å². The first-order valence-electron chi connectivity index (χ1n) is 6.00. The monoisotopic (exact) mass is 250 g/mol. The summed E-state index contributed by atoms with van der Waals surface area (Å²) in [5, 5.41) is 0. The van der Waals surface area contributed by atoms with Gasteiger partial charge in [-0.25, -0.2) is 0 Å². The van der Waals surface area contributed by atoms with E-state index >= 15 is 0 Å². The van der Waals surface area contributed by atoms with Crippen LogP contribution >= 0.6 is 0 Å². The summed E-state index contributed by atoms with van der Waals surface area (Å²) in [7, 11) is 3.27. The van der Waals surface area contributed by atoms with E-state index in [-0.39, 0.29) is 6.04 Å². The number of methoxy groups -OCH3 is 2. The second-order valence-electron chi connectivity index (χ2n) is 4.13. The third kappa shape index (κ3) is 3.48. The number of hydrogen-bond acceptors (Lipinski definition) is 4. The highest BCUT2D eigenvalue weighted by Crippen LogP contribution is 2.32. The fourth-order valence-electron chi connectivity index (χ4n) is 1.80. The Bertz CT molecular complexity index is 405. The highest BCUT2D eigenvalue weighted by molar-refractivity contribution is 5.42. The molecule has 1 atom stereocenters. The zero-order valence-electron chi connectivity index (χ0n) is 11.3. The van der Waals surface area contributed by atoms with Crippen LogP contribution in [0.15, 0.2) is 30.4 Å². The number of hydrogen-bond donors (Lipinski definition) is 2. The van der Waals surface area contributed by atoms with Crippen LogP contribution in [-0.4, -0.2) is 14.2 Å². The Morgan fingerprint density at radius 3 is 2.61 bits per heavy atom. The molecule has 100 valence electrons. The number of ether oxygens (including phenoxy) is 2. The van der Waals surface area contributed by atoms with Crippen molar-refractivity contribution in [3.63, 3.8) is 0 Å². The zero-order chi connectivity index (χ0) is 13.5. The molecule has 0 aliphatic rings. The number of hydrazine groups is 1. The normalized spacial score (nSPS) is 12.0. The first kappa shape index (κ1) is 14.5. The Hall–Kier alpha value is -1.52. The van der Waals surface area contributed by atoms with E-state index in [9.17, 15) is 0 Å². The predicted octanol–water partition coefficient (Wildman–Crippen LogP) is 2.56. The number of nitrogens with one attached hydrogen (secondary N) is 1. The van der Waals surface area contributed by atoms with Crippen molar-refractivity contribution < 1.29 is 9.47 Å². The molecular formula is C14H22N2O2. The highest BCUT2D eigenvalue weighted by Gasteiger charge is 2.16. The lowest BCUT2D eigenvalue weighted by Crippen LogP contribution is -2.28. The molecule has 3 N–H and O–H groups in total. The van der Waals surface area contributed by atoms with E-state index in [2.05, 4.69) is 18.9 Å². The highest BCUT2D eigenvalue weighted by atomic mass is 16.5. The summed E-state index contributed by atoms with van der Waals surface area (Å²) in [5.41, 5.74) is 4.97. The molecule has 1 aromatic rings. The van der Waals surface area contributed by atoms with Crippen LogP contribution in [-0.2, 0) is 0 Å². The number of nitrogens with two attached hydrogens (primary N) is 1. The van der Waals surface area contributed by atoms with Crippen LogP contribution < -0.4 is 20.7 Å². The van der Waals surface area contributed by atoms with Gasteiger partial charge in [0.15, 0.2) is 0 Å². The lowest BCUT2D eigenvalue weighted by atomic mass is 9.98. The molecule has 0 amide bonds. The van der Waals surface area contributed by atoms with Gasteiger partial charge in [0.1, 0.15) is 11.5 Å². The molecule has 0 aromatic heterocycles. The van der Waals surface area contributed by atoms with Crippen molar-refractivity contribution >= 4 is 0 Å². The molecule has 1 aromatic carbocycles. The fraction of sp³-hybridized carbons (Fsp3) is 0.429. The SMILES string of the molecule is C=C(CC)CC(NN)c1ccc(OC)cc1OC. The molecule has 1 rings (SSSR count). The third-order valence-corrected chi connectivity index (χ3v) is 3.01. The predicted molar refractivity (Wildman–Crippen MR) is 73.7 cm³/mol. The molecular weight excluding hydrogens is 228 g/mol. The van der Waals surface area contributed by atoms with Gasteiger partial charge < -0.3 is 9.47 Å². The zero-order valence-corrected chi connectivity index (χ0v) is 11.3. The Morgan fingerprint density at radius 2 is 2.11 bits per heavy atom. The average Bonchev–Trinajstić information content (AvgIpc) is 2.43. The van der Waals surface area contributed by atoms with E-state index < -0.39 is 0 Å². The van der Waals surface area contributed by atoms with Gasteiger partial charge in [-0.1, -0.05) is 25.1 Å². The van der Waals surface area contributed by atoms with E-state index in [1.807, 2.05) is 18.2 Å². The van der Waals surface area contributed by atoms with Gasteiger partial charge in [-0.2, -0.15) is 0 Å². The standard InChI is InChI=1S/C14H22N2O2/c1-5-10(2)8-13(16-15)12-7-6-11(17-3)9-14(12)18-4/h6-7,9,13,16H,2,5,8,15H2,1,3-4H3. The third-order valence-electron chi connectivity index (χ3n) is 3.01. The molecule has 4 heteroatoms. The van der Waals surface area contributed by atoms with E-state index in [1.54, 1.807) is 14.2 Å². The van der Waals surface area contributed by atoms with E-state index in [4.69, 9.17) is 15.3 Å². The summed E-state index contributed by atoms with van der Waals surface area (Å²) >= 11 is 0. The molecule has 0 aliphatic carbocycles. The Balaban J connectivity index is 3.01. The van der Waals surface area contributed by atoms with Gasteiger partial charge in [-0.05, 0) is 18.9 Å². The summed E-state index contributed by atoms with van der Waals surface area (Å²) < 4.78 is 10.6. The summed E-state index contributed by atoms with van der Waals surface area (Å²) in [6, 6.07) is 5.72. The average molecular weight is 250 g/mol. The van der Waals surface area contributed by atoms with Crippen molar-refractivity contribution in [2.75, 3.05) is 14.2 Å². The van der Waals surface area contributed by atoms with Crippen LogP contribution in [0.25, 0.3) is 0 Å². The van der Waals surface area contributed by atoms with Crippen molar-refractivity contribution in [3.8, 4) is 11.5 Å². The fourth-order valence-corrected chi connectivity index (χ4v) is 1.80. The minimum atomic E-state index is -0.00157. The number of benzene rings is 1. The van der Waals surface area contributed by atoms with Gasteiger partial charge in [-0.15, -0.1) is 0 Å². The van der Waals surface area contributed by atoms with Crippen LogP contribution in [0.4, 0.5) is 0 Å². The Labute approximate surface area is 109 Å². The van der Waals surface area contributed by atoms with Crippen molar-refractivity contribution in [2.24, 2.45) is 5.84 Å². The van der Waals surface area contributed by atoms with Crippen LogP contribution in [0, 0.1) is 0 Å². The van der Waals surface area contributed by atoms with E-state index in [0.717, 1.165) is 35.5 Å². The summed E-state index contributed by atoms with van der Waals surface area (Å²) in [6.07, 6.45) is 1.73. The lowest BCUT2D eigenvalue weighted by Gasteiger charge is -2.20. The minimum Gasteiger partial charge on any atom is -0.497 e. The molecule has 0 heterocycles. The van der Waals surface area contributed by atoms with E-state index in [1.165, 1.54) is 0 Å². The Morgan fingerprint density at radius 1 is 1.39 bits per heavy atom.